The number of hydrogen-bond donors (Lipinski definition) is 2. The quantitative estimate of drug-likeness (QED) is 0.650. The zero-order valence-electron chi connectivity index (χ0n) is 17.2. The lowest BCUT2D eigenvalue weighted by Gasteiger charge is -2.32. The Morgan fingerprint density at radius 2 is 1.87 bits per heavy atom. The second-order valence-electron chi connectivity index (χ2n) is 7.45. The summed E-state index contributed by atoms with van der Waals surface area (Å²) in [7, 11) is 0. The summed E-state index contributed by atoms with van der Waals surface area (Å²) < 4.78 is 18.3. The minimum Gasteiger partial charge on any atom is -0.452 e. The minimum absolute atomic E-state index is 0.223. The highest BCUT2D eigenvalue weighted by atomic mass is 19.1. The van der Waals surface area contributed by atoms with Crippen molar-refractivity contribution in [3.8, 4) is 0 Å². The Morgan fingerprint density at radius 1 is 1.19 bits per heavy atom. The van der Waals surface area contributed by atoms with Gasteiger partial charge in [-0.2, -0.15) is 0 Å². The summed E-state index contributed by atoms with van der Waals surface area (Å²) in [5.41, 5.74) is 6.31. The molecule has 9 heteroatoms. The Bertz CT molecular complexity index is 926. The smallest absolute Gasteiger partial charge is 0.309 e. The number of ether oxygens (including phenoxy) is 1. The van der Waals surface area contributed by atoms with E-state index in [0.717, 1.165) is 5.56 Å². The fourth-order valence-corrected chi connectivity index (χ4v) is 3.32. The van der Waals surface area contributed by atoms with Crippen molar-refractivity contribution in [2.24, 2.45) is 11.7 Å². The number of carbonyl (C=O) groups excluding carboxylic acids is 3. The molecular weight excluding hydrogens is 403 g/mol. The van der Waals surface area contributed by atoms with E-state index in [1.54, 1.807) is 24.3 Å². The van der Waals surface area contributed by atoms with Crippen molar-refractivity contribution in [3.63, 3.8) is 0 Å². The first-order valence-electron chi connectivity index (χ1n) is 10.1. The summed E-state index contributed by atoms with van der Waals surface area (Å²) in [5.74, 6) is -1.27. The monoisotopic (exact) mass is 428 g/mol. The van der Waals surface area contributed by atoms with E-state index in [1.807, 2.05) is 4.90 Å². The maximum atomic E-state index is 12.9. The first-order chi connectivity index (χ1) is 14.8. The molecular formula is C22H25FN4O4. The Morgan fingerprint density at radius 3 is 2.45 bits per heavy atom. The van der Waals surface area contributed by atoms with Crippen molar-refractivity contribution in [1.82, 2.24) is 10.3 Å². The van der Waals surface area contributed by atoms with Crippen LogP contribution in [0.5, 0.6) is 0 Å². The highest BCUT2D eigenvalue weighted by Crippen LogP contribution is 2.23. The van der Waals surface area contributed by atoms with Crippen LogP contribution in [0.25, 0.3) is 0 Å². The van der Waals surface area contributed by atoms with Gasteiger partial charge in [-0.15, -0.1) is 0 Å². The third-order valence-electron chi connectivity index (χ3n) is 5.23. The van der Waals surface area contributed by atoms with E-state index in [9.17, 15) is 18.8 Å². The molecule has 0 aliphatic carbocycles. The van der Waals surface area contributed by atoms with Gasteiger partial charge in [0.2, 0.25) is 5.91 Å². The zero-order valence-corrected chi connectivity index (χ0v) is 17.2. The average molecular weight is 428 g/mol. The molecule has 3 rings (SSSR count). The van der Waals surface area contributed by atoms with Crippen LogP contribution in [0.1, 0.15) is 35.7 Å². The van der Waals surface area contributed by atoms with Gasteiger partial charge in [0.25, 0.3) is 5.91 Å². The summed E-state index contributed by atoms with van der Waals surface area (Å²) in [6.45, 7) is 2.96. The van der Waals surface area contributed by atoms with E-state index in [0.29, 0.717) is 37.3 Å². The SMILES string of the molecule is C[C@@H](OC(=O)C1CCN(c2ccc(C(N)=O)cn2)CC1)C(=O)NCc1ccc(F)cc1. The molecule has 0 unspecified atom stereocenters. The Labute approximate surface area is 179 Å². The van der Waals surface area contributed by atoms with Crippen LogP contribution in [0.3, 0.4) is 0 Å². The van der Waals surface area contributed by atoms with Gasteiger partial charge in [0.05, 0.1) is 11.5 Å². The number of anilines is 1. The van der Waals surface area contributed by atoms with Gasteiger partial charge in [-0.1, -0.05) is 12.1 Å². The van der Waals surface area contributed by atoms with E-state index in [1.165, 1.54) is 25.3 Å². The Hall–Kier alpha value is -3.49. The van der Waals surface area contributed by atoms with E-state index in [-0.39, 0.29) is 18.3 Å². The molecule has 0 saturated carbocycles. The van der Waals surface area contributed by atoms with Crippen molar-refractivity contribution >= 4 is 23.6 Å². The third kappa shape index (κ3) is 6.00. The number of nitrogens with two attached hydrogens (primary N) is 1. The van der Waals surface area contributed by atoms with Gasteiger partial charge in [-0.05, 0) is 49.6 Å². The number of pyridine rings is 1. The van der Waals surface area contributed by atoms with Gasteiger partial charge in [-0.25, -0.2) is 9.37 Å². The predicted octanol–water partition coefficient (Wildman–Crippen LogP) is 1.78. The number of hydrogen-bond acceptors (Lipinski definition) is 6. The molecule has 2 amide bonds. The maximum Gasteiger partial charge on any atom is 0.309 e. The molecule has 0 spiro atoms. The molecule has 164 valence electrons. The number of nitrogens with one attached hydrogen (secondary N) is 1. The zero-order chi connectivity index (χ0) is 22.4. The van der Waals surface area contributed by atoms with Crippen LogP contribution in [0.15, 0.2) is 42.6 Å². The molecule has 1 aromatic heterocycles. The highest BCUT2D eigenvalue weighted by Gasteiger charge is 2.29. The number of esters is 1. The lowest BCUT2D eigenvalue weighted by Crippen LogP contribution is -2.40. The lowest BCUT2D eigenvalue weighted by molar-refractivity contribution is -0.159. The molecule has 31 heavy (non-hydrogen) atoms. The molecule has 2 aromatic rings. The number of piperidine rings is 1. The highest BCUT2D eigenvalue weighted by molar-refractivity contribution is 5.92. The Balaban J connectivity index is 1.43. The first kappa shape index (κ1) is 22.2. The normalized spacial score (nSPS) is 15.2. The first-order valence-corrected chi connectivity index (χ1v) is 10.1. The van der Waals surface area contributed by atoms with Crippen LogP contribution < -0.4 is 16.0 Å². The fourth-order valence-electron chi connectivity index (χ4n) is 3.32. The van der Waals surface area contributed by atoms with Crippen LogP contribution in [-0.4, -0.2) is 42.0 Å². The van der Waals surface area contributed by atoms with Gasteiger partial charge >= 0.3 is 5.97 Å². The summed E-state index contributed by atoms with van der Waals surface area (Å²) >= 11 is 0. The Kier molecular flexibility index (Phi) is 7.17. The number of aromatic nitrogens is 1. The molecule has 0 bridgehead atoms. The topological polar surface area (TPSA) is 115 Å². The minimum atomic E-state index is -0.922. The molecule has 1 fully saturated rings. The number of nitrogens with zero attached hydrogens (tertiary/aromatic N) is 2. The fraction of sp³-hybridized carbons (Fsp3) is 0.364. The molecule has 8 nitrogen and oxygen atoms in total. The number of amides is 2. The van der Waals surface area contributed by atoms with E-state index in [4.69, 9.17) is 10.5 Å². The molecule has 2 heterocycles. The number of rotatable bonds is 7. The molecule has 1 aliphatic heterocycles. The lowest BCUT2D eigenvalue weighted by atomic mass is 9.97. The molecule has 1 aromatic carbocycles. The van der Waals surface area contributed by atoms with Crippen molar-refractivity contribution in [3.05, 3.63) is 59.5 Å². The van der Waals surface area contributed by atoms with E-state index in [2.05, 4.69) is 10.3 Å². The summed E-state index contributed by atoms with van der Waals surface area (Å²) in [6, 6.07) is 9.15. The predicted molar refractivity (Wildman–Crippen MR) is 111 cm³/mol. The molecule has 1 aliphatic rings. The number of carbonyl (C=O) groups is 3. The van der Waals surface area contributed by atoms with Crippen LogP contribution in [-0.2, 0) is 20.9 Å². The van der Waals surface area contributed by atoms with Gasteiger partial charge < -0.3 is 20.7 Å². The van der Waals surface area contributed by atoms with Crippen LogP contribution in [0.2, 0.25) is 0 Å². The second-order valence-corrected chi connectivity index (χ2v) is 7.45. The summed E-state index contributed by atoms with van der Waals surface area (Å²) in [4.78, 5) is 42.1. The number of primary amides is 1. The van der Waals surface area contributed by atoms with Gasteiger partial charge in [0.1, 0.15) is 11.6 Å². The third-order valence-corrected chi connectivity index (χ3v) is 5.23. The van der Waals surface area contributed by atoms with Crippen LogP contribution in [0, 0.1) is 11.7 Å². The van der Waals surface area contributed by atoms with Crippen molar-refractivity contribution in [1.29, 1.82) is 0 Å². The summed E-state index contributed by atoms with van der Waals surface area (Å²) in [6.07, 6.45) is 1.66. The van der Waals surface area contributed by atoms with Crippen molar-refractivity contribution < 1.29 is 23.5 Å². The molecule has 0 radical (unpaired) electrons. The molecule has 3 N–H and O–H groups in total. The van der Waals surface area contributed by atoms with Gasteiger partial charge in [-0.3, -0.25) is 14.4 Å². The van der Waals surface area contributed by atoms with Crippen LogP contribution >= 0.6 is 0 Å². The molecule has 1 saturated heterocycles. The number of benzene rings is 1. The van der Waals surface area contributed by atoms with E-state index < -0.39 is 23.9 Å². The number of halogens is 1. The molecule has 1 atom stereocenters. The summed E-state index contributed by atoms with van der Waals surface area (Å²) in [5, 5.41) is 2.68. The standard InChI is InChI=1S/C22H25FN4O4/c1-14(21(29)26-12-15-2-5-18(23)6-3-15)31-22(30)16-8-10-27(11-9-16)19-7-4-17(13-25-19)20(24)28/h2-7,13-14,16H,8-12H2,1H3,(H2,24,28)(H,26,29)/t14-/m1/s1. The van der Waals surface area contributed by atoms with Gasteiger partial charge in [0, 0.05) is 25.8 Å². The van der Waals surface area contributed by atoms with Crippen LogP contribution in [0.4, 0.5) is 10.2 Å². The van der Waals surface area contributed by atoms with E-state index >= 15 is 0 Å². The van der Waals surface area contributed by atoms with Crippen molar-refractivity contribution in [2.45, 2.75) is 32.4 Å². The largest absolute Gasteiger partial charge is 0.452 e. The second kappa shape index (κ2) is 10.0. The average Bonchev–Trinajstić information content (AvgIpc) is 2.78. The van der Waals surface area contributed by atoms with Gasteiger partial charge in [0.15, 0.2) is 6.10 Å². The maximum absolute atomic E-state index is 12.9. The van der Waals surface area contributed by atoms with Crippen molar-refractivity contribution in [2.75, 3.05) is 18.0 Å².